The average molecular weight is 330 g/mol. The molecule has 0 atom stereocenters. The second-order valence-corrected chi connectivity index (χ2v) is 6.14. The van der Waals surface area contributed by atoms with Crippen molar-refractivity contribution in [2.45, 2.75) is 51.4 Å². The van der Waals surface area contributed by atoms with Crippen LogP contribution in [0.2, 0.25) is 0 Å². The first-order valence-corrected chi connectivity index (χ1v) is 8.67. The van der Waals surface area contributed by atoms with Gasteiger partial charge in [0.1, 0.15) is 0 Å². The van der Waals surface area contributed by atoms with Crippen LogP contribution in [0.1, 0.15) is 56.1 Å². The second kappa shape index (κ2) is 9.88. The van der Waals surface area contributed by atoms with Gasteiger partial charge in [0, 0.05) is 19.4 Å². The lowest BCUT2D eigenvalue weighted by Gasteiger charge is -2.08. The number of amides is 2. The van der Waals surface area contributed by atoms with Crippen LogP contribution >= 0.6 is 0 Å². The fourth-order valence-corrected chi connectivity index (χ4v) is 3.00. The summed E-state index contributed by atoms with van der Waals surface area (Å²) in [6.45, 7) is 0.676. The summed E-state index contributed by atoms with van der Waals surface area (Å²) >= 11 is 0. The summed E-state index contributed by atoms with van der Waals surface area (Å²) < 4.78 is 0. The molecular weight excluding hydrogens is 304 g/mol. The summed E-state index contributed by atoms with van der Waals surface area (Å²) in [7, 11) is 0. The third kappa shape index (κ3) is 5.81. The summed E-state index contributed by atoms with van der Waals surface area (Å²) in [5.41, 5.74) is 5.63. The van der Waals surface area contributed by atoms with E-state index in [1.807, 2.05) is 0 Å². The summed E-state index contributed by atoms with van der Waals surface area (Å²) in [5, 5.41) is 11.4. The number of carbonyl (C=O) groups excluding carboxylic acids is 2. The average Bonchev–Trinajstić information content (AvgIpc) is 3.01. The van der Waals surface area contributed by atoms with Crippen molar-refractivity contribution in [3.05, 3.63) is 41.5 Å². The summed E-state index contributed by atoms with van der Waals surface area (Å²) in [6, 6.07) is 8.42. The molecule has 1 aliphatic carbocycles. The van der Waals surface area contributed by atoms with E-state index in [9.17, 15) is 9.59 Å². The fraction of sp³-hybridized carbons (Fsp3) is 0.474. The highest BCUT2D eigenvalue weighted by molar-refractivity contribution is 5.77. The normalized spacial score (nSPS) is 12.5. The first-order valence-electron chi connectivity index (χ1n) is 8.67. The van der Waals surface area contributed by atoms with E-state index in [1.165, 1.54) is 16.7 Å². The third-order valence-electron chi connectivity index (χ3n) is 4.33. The molecule has 0 unspecified atom stereocenters. The topological polar surface area (TPSA) is 78.4 Å². The van der Waals surface area contributed by atoms with Crippen molar-refractivity contribution in [1.82, 2.24) is 10.8 Å². The molecule has 0 fully saturated rings. The molecule has 0 saturated heterocycles. The van der Waals surface area contributed by atoms with Crippen molar-refractivity contribution in [3.8, 4) is 0 Å². The molecule has 1 aliphatic rings. The zero-order valence-electron chi connectivity index (χ0n) is 14.0. The second-order valence-electron chi connectivity index (χ2n) is 6.14. The predicted octanol–water partition coefficient (Wildman–Crippen LogP) is 2.98. The molecule has 0 aromatic heterocycles. The number of benzene rings is 1. The highest BCUT2D eigenvalue weighted by atomic mass is 16.5. The molecule has 5 heteroatoms. The lowest BCUT2D eigenvalue weighted by molar-refractivity contribution is -0.129. The molecule has 3 N–H and O–H groups in total. The molecule has 0 heterocycles. The number of carbonyl (C=O) groups is 2. The van der Waals surface area contributed by atoms with E-state index in [-0.39, 0.29) is 11.8 Å². The number of unbranched alkanes of at least 4 members (excludes halogenated alkanes) is 3. The molecule has 2 amide bonds. The van der Waals surface area contributed by atoms with Gasteiger partial charge < -0.3 is 5.32 Å². The quantitative estimate of drug-likeness (QED) is 0.350. The monoisotopic (exact) mass is 330 g/mol. The first-order chi connectivity index (χ1) is 11.7. The highest BCUT2D eigenvalue weighted by Crippen LogP contribution is 2.28. The number of fused-ring (bicyclic) bond motifs is 1. The fourth-order valence-electron chi connectivity index (χ4n) is 3.00. The van der Waals surface area contributed by atoms with E-state index in [4.69, 9.17) is 5.21 Å². The zero-order valence-corrected chi connectivity index (χ0v) is 14.0. The van der Waals surface area contributed by atoms with Gasteiger partial charge in [0.2, 0.25) is 11.8 Å². The van der Waals surface area contributed by atoms with Gasteiger partial charge in [-0.1, -0.05) is 43.2 Å². The van der Waals surface area contributed by atoms with Crippen LogP contribution in [0.15, 0.2) is 30.3 Å². The molecule has 1 aromatic rings. The number of nitrogens with one attached hydrogen (secondary N) is 2. The molecule has 5 nitrogen and oxygen atoms in total. The predicted molar refractivity (Wildman–Crippen MR) is 93.4 cm³/mol. The molecule has 24 heavy (non-hydrogen) atoms. The van der Waals surface area contributed by atoms with E-state index in [0.29, 0.717) is 19.4 Å². The Balaban J connectivity index is 1.52. The highest BCUT2D eigenvalue weighted by Gasteiger charge is 2.12. The largest absolute Gasteiger partial charge is 0.356 e. The molecular formula is C19H26N2O3. The van der Waals surface area contributed by atoms with E-state index in [2.05, 4.69) is 35.7 Å². The van der Waals surface area contributed by atoms with Gasteiger partial charge in [-0.25, -0.2) is 5.48 Å². The minimum atomic E-state index is -0.351. The molecule has 0 bridgehead atoms. The Bertz CT molecular complexity index is 596. The van der Waals surface area contributed by atoms with Crippen LogP contribution < -0.4 is 10.8 Å². The van der Waals surface area contributed by atoms with Crippen LogP contribution in [0.4, 0.5) is 0 Å². The molecule has 1 aromatic carbocycles. The number of hydroxylamine groups is 1. The van der Waals surface area contributed by atoms with Crippen molar-refractivity contribution in [1.29, 1.82) is 0 Å². The molecule has 0 aliphatic heterocycles. The van der Waals surface area contributed by atoms with Crippen LogP contribution in [0.5, 0.6) is 0 Å². The van der Waals surface area contributed by atoms with Crippen LogP contribution in [0.25, 0.3) is 5.57 Å². The Morgan fingerprint density at radius 3 is 2.46 bits per heavy atom. The van der Waals surface area contributed by atoms with Crippen LogP contribution in [0.3, 0.4) is 0 Å². The summed E-state index contributed by atoms with van der Waals surface area (Å²) in [5.74, 6) is -0.259. The standard InChI is InChI=1S/C19H26N2O3/c22-18(9-3-1-2-4-10-19(23)21-24)20-14-13-16-12-11-15-7-5-6-8-17(15)16/h5-8,12,24H,1-4,9-11,13-14H2,(H,20,22)(H,21,23). The minimum absolute atomic E-state index is 0.0926. The SMILES string of the molecule is O=C(CCCCCCC(=O)NCCC1=CCc2ccccc21)NO. The number of hydrogen-bond acceptors (Lipinski definition) is 3. The third-order valence-corrected chi connectivity index (χ3v) is 4.33. The maximum absolute atomic E-state index is 11.8. The van der Waals surface area contributed by atoms with E-state index in [0.717, 1.165) is 38.5 Å². The van der Waals surface area contributed by atoms with Gasteiger partial charge in [-0.15, -0.1) is 0 Å². The maximum Gasteiger partial charge on any atom is 0.243 e. The van der Waals surface area contributed by atoms with Gasteiger partial charge in [0.25, 0.3) is 0 Å². The van der Waals surface area contributed by atoms with Gasteiger partial charge >= 0.3 is 0 Å². The van der Waals surface area contributed by atoms with Gasteiger partial charge in [0.05, 0.1) is 0 Å². The Hall–Kier alpha value is -2.14. The smallest absolute Gasteiger partial charge is 0.243 e. The van der Waals surface area contributed by atoms with E-state index >= 15 is 0 Å². The summed E-state index contributed by atoms with van der Waals surface area (Å²) in [6.07, 6.45) is 8.36. The van der Waals surface area contributed by atoms with Crippen LogP contribution in [-0.2, 0) is 16.0 Å². The van der Waals surface area contributed by atoms with Gasteiger partial charge in [-0.3, -0.25) is 14.8 Å². The van der Waals surface area contributed by atoms with Crippen LogP contribution in [0, 0.1) is 0 Å². The van der Waals surface area contributed by atoms with Crippen molar-refractivity contribution in [3.63, 3.8) is 0 Å². The number of rotatable bonds is 10. The van der Waals surface area contributed by atoms with E-state index < -0.39 is 0 Å². The van der Waals surface area contributed by atoms with Crippen molar-refractivity contribution >= 4 is 17.4 Å². The van der Waals surface area contributed by atoms with Crippen molar-refractivity contribution < 1.29 is 14.8 Å². The first kappa shape index (κ1) is 18.2. The Morgan fingerprint density at radius 1 is 1.00 bits per heavy atom. The van der Waals surface area contributed by atoms with Crippen molar-refractivity contribution in [2.75, 3.05) is 6.54 Å². The number of allylic oxidation sites excluding steroid dienone is 1. The summed E-state index contributed by atoms with van der Waals surface area (Å²) in [4.78, 5) is 22.6. The van der Waals surface area contributed by atoms with Crippen molar-refractivity contribution in [2.24, 2.45) is 0 Å². The molecule has 0 radical (unpaired) electrons. The molecule has 2 rings (SSSR count). The van der Waals surface area contributed by atoms with Gasteiger partial charge in [-0.2, -0.15) is 0 Å². The molecule has 0 spiro atoms. The lowest BCUT2D eigenvalue weighted by Crippen LogP contribution is -2.24. The minimum Gasteiger partial charge on any atom is -0.356 e. The zero-order chi connectivity index (χ0) is 17.2. The van der Waals surface area contributed by atoms with Crippen LogP contribution in [-0.4, -0.2) is 23.6 Å². The van der Waals surface area contributed by atoms with E-state index in [1.54, 1.807) is 5.48 Å². The Labute approximate surface area is 143 Å². The lowest BCUT2D eigenvalue weighted by atomic mass is 10.0. The Kier molecular flexibility index (Phi) is 7.49. The number of hydrogen-bond donors (Lipinski definition) is 3. The Morgan fingerprint density at radius 2 is 1.71 bits per heavy atom. The molecule has 0 saturated carbocycles. The maximum atomic E-state index is 11.8. The van der Waals surface area contributed by atoms with Gasteiger partial charge in [-0.05, 0) is 42.4 Å². The van der Waals surface area contributed by atoms with Gasteiger partial charge in [0.15, 0.2) is 0 Å². The molecule has 130 valence electrons.